The third kappa shape index (κ3) is 5.81. The Morgan fingerprint density at radius 2 is 1.66 bits per heavy atom. The van der Waals surface area contributed by atoms with E-state index >= 15 is 0 Å². The lowest BCUT2D eigenvalue weighted by molar-refractivity contribution is -0.157. The van der Waals surface area contributed by atoms with Crippen LogP contribution >= 0.6 is 0 Å². The summed E-state index contributed by atoms with van der Waals surface area (Å²) in [6.07, 6.45) is 6.25. The number of sulfonamides is 1. The number of esters is 1. The molecular formula is C23H34N2O6S. The molecule has 8 nitrogen and oxygen atoms in total. The summed E-state index contributed by atoms with van der Waals surface area (Å²) < 4.78 is 37.5. The molecule has 0 radical (unpaired) electrons. The van der Waals surface area contributed by atoms with E-state index in [4.69, 9.17) is 9.47 Å². The highest BCUT2D eigenvalue weighted by atomic mass is 32.2. The van der Waals surface area contributed by atoms with Crippen LogP contribution < -0.4 is 4.74 Å². The number of methoxy groups -OCH3 is 1. The van der Waals surface area contributed by atoms with Crippen LogP contribution in [0.2, 0.25) is 0 Å². The van der Waals surface area contributed by atoms with Gasteiger partial charge in [-0.1, -0.05) is 19.3 Å². The van der Waals surface area contributed by atoms with Crippen LogP contribution in [0.3, 0.4) is 0 Å². The standard InChI is InChI=1S/C23H34N2O6S/c1-3-25(19-7-5-4-6-8-19)22(26)17-31-23(27)18-13-15-24(16-14-18)32(28,29)21-11-9-20(30-2)10-12-21/h9-12,18-19H,3-8,13-17H2,1-2H3. The van der Waals surface area contributed by atoms with Crippen LogP contribution in [0.1, 0.15) is 51.9 Å². The monoisotopic (exact) mass is 466 g/mol. The lowest BCUT2D eigenvalue weighted by atomic mass is 9.94. The zero-order valence-electron chi connectivity index (χ0n) is 19.0. The van der Waals surface area contributed by atoms with Gasteiger partial charge in [0.25, 0.3) is 5.91 Å². The van der Waals surface area contributed by atoms with E-state index in [0.29, 0.717) is 25.1 Å². The van der Waals surface area contributed by atoms with Gasteiger partial charge >= 0.3 is 5.97 Å². The van der Waals surface area contributed by atoms with Crippen molar-refractivity contribution in [3.63, 3.8) is 0 Å². The minimum Gasteiger partial charge on any atom is -0.497 e. The molecule has 0 unspecified atom stereocenters. The number of ether oxygens (including phenoxy) is 2. The molecule has 0 atom stereocenters. The number of piperidine rings is 1. The van der Waals surface area contributed by atoms with Gasteiger partial charge in [-0.3, -0.25) is 9.59 Å². The molecule has 2 aliphatic rings. The Morgan fingerprint density at radius 1 is 1.03 bits per heavy atom. The SMILES string of the molecule is CCN(C(=O)COC(=O)C1CCN(S(=O)(=O)c2ccc(OC)cc2)CC1)C1CCCCC1. The highest BCUT2D eigenvalue weighted by Crippen LogP contribution is 2.26. The molecule has 2 fully saturated rings. The first-order valence-electron chi connectivity index (χ1n) is 11.5. The van der Waals surface area contributed by atoms with Crippen LogP contribution in [0.15, 0.2) is 29.2 Å². The van der Waals surface area contributed by atoms with Gasteiger partial charge in [0.15, 0.2) is 6.61 Å². The number of likely N-dealkylation sites (N-methyl/N-ethyl adjacent to an activating group) is 1. The van der Waals surface area contributed by atoms with Gasteiger partial charge in [-0.2, -0.15) is 4.31 Å². The lowest BCUT2D eigenvalue weighted by Crippen LogP contribution is -2.44. The van der Waals surface area contributed by atoms with Crippen LogP contribution in [0.5, 0.6) is 5.75 Å². The van der Waals surface area contributed by atoms with Gasteiger partial charge in [-0.15, -0.1) is 0 Å². The van der Waals surface area contributed by atoms with Crippen molar-refractivity contribution < 1.29 is 27.5 Å². The highest BCUT2D eigenvalue weighted by molar-refractivity contribution is 7.89. The van der Waals surface area contributed by atoms with E-state index in [9.17, 15) is 18.0 Å². The second kappa shape index (κ2) is 11.1. The van der Waals surface area contributed by atoms with Crippen molar-refractivity contribution in [3.05, 3.63) is 24.3 Å². The number of carbonyl (C=O) groups excluding carboxylic acids is 2. The van der Waals surface area contributed by atoms with Crippen molar-refractivity contribution in [1.82, 2.24) is 9.21 Å². The predicted octanol–water partition coefficient (Wildman–Crippen LogP) is 2.82. The maximum absolute atomic E-state index is 12.9. The molecule has 32 heavy (non-hydrogen) atoms. The summed E-state index contributed by atoms with van der Waals surface area (Å²) in [5.74, 6) is -0.369. The van der Waals surface area contributed by atoms with Gasteiger partial charge in [-0.05, 0) is 56.9 Å². The van der Waals surface area contributed by atoms with Crippen LogP contribution in [0.4, 0.5) is 0 Å². The molecule has 1 saturated carbocycles. The van der Waals surface area contributed by atoms with Gasteiger partial charge in [-0.25, -0.2) is 8.42 Å². The third-order valence-corrected chi connectivity index (χ3v) is 8.41. The summed E-state index contributed by atoms with van der Waals surface area (Å²) in [6.45, 7) is 2.81. The molecule has 1 saturated heterocycles. The van der Waals surface area contributed by atoms with Gasteiger partial charge in [0.2, 0.25) is 10.0 Å². The molecule has 0 aromatic heterocycles. The number of nitrogens with zero attached hydrogens (tertiary/aromatic N) is 2. The molecule has 178 valence electrons. The van der Waals surface area contributed by atoms with Crippen molar-refractivity contribution in [3.8, 4) is 5.75 Å². The molecule has 1 amide bonds. The number of hydrogen-bond acceptors (Lipinski definition) is 6. The summed E-state index contributed by atoms with van der Waals surface area (Å²) in [5, 5.41) is 0. The second-order valence-corrected chi connectivity index (χ2v) is 10.4. The fraction of sp³-hybridized carbons (Fsp3) is 0.652. The largest absolute Gasteiger partial charge is 0.497 e. The number of carbonyl (C=O) groups is 2. The first kappa shape index (κ1) is 24.5. The summed E-state index contributed by atoms with van der Waals surface area (Å²) in [5.41, 5.74) is 0. The molecule has 1 aliphatic heterocycles. The quantitative estimate of drug-likeness (QED) is 0.547. The van der Waals surface area contributed by atoms with Crippen molar-refractivity contribution >= 4 is 21.9 Å². The Kier molecular flexibility index (Phi) is 8.53. The summed E-state index contributed by atoms with van der Waals surface area (Å²) >= 11 is 0. The van der Waals surface area contributed by atoms with Gasteiger partial charge < -0.3 is 14.4 Å². The van der Waals surface area contributed by atoms with Crippen LogP contribution in [-0.2, 0) is 24.3 Å². The molecular weight excluding hydrogens is 432 g/mol. The van der Waals surface area contributed by atoms with Crippen molar-refractivity contribution in [2.24, 2.45) is 5.92 Å². The summed E-state index contributed by atoms with van der Waals surface area (Å²) in [6, 6.07) is 6.51. The van der Waals surface area contributed by atoms with Crippen molar-refractivity contribution in [2.75, 3.05) is 33.4 Å². The average molecular weight is 467 g/mol. The Hall–Kier alpha value is -2.13. The van der Waals surface area contributed by atoms with Crippen molar-refractivity contribution in [1.29, 1.82) is 0 Å². The molecule has 0 N–H and O–H groups in total. The third-order valence-electron chi connectivity index (χ3n) is 6.50. The molecule has 1 aliphatic carbocycles. The average Bonchev–Trinajstić information content (AvgIpc) is 2.83. The second-order valence-electron chi connectivity index (χ2n) is 8.43. The molecule has 9 heteroatoms. The minimum atomic E-state index is -3.62. The fourth-order valence-electron chi connectivity index (χ4n) is 4.59. The van der Waals surface area contributed by atoms with Gasteiger partial charge in [0, 0.05) is 25.7 Å². The predicted molar refractivity (Wildman–Crippen MR) is 120 cm³/mol. The molecule has 1 aromatic carbocycles. The molecule has 1 heterocycles. The minimum absolute atomic E-state index is 0.146. The van der Waals surface area contributed by atoms with E-state index in [1.807, 2.05) is 11.8 Å². The van der Waals surface area contributed by atoms with E-state index in [-0.39, 0.29) is 36.5 Å². The van der Waals surface area contributed by atoms with E-state index in [0.717, 1.165) is 25.7 Å². The van der Waals surface area contributed by atoms with E-state index in [1.54, 1.807) is 12.1 Å². The fourth-order valence-corrected chi connectivity index (χ4v) is 6.06. The van der Waals surface area contributed by atoms with Crippen LogP contribution in [-0.4, -0.2) is 68.9 Å². The van der Waals surface area contributed by atoms with E-state index in [2.05, 4.69) is 0 Å². The maximum atomic E-state index is 12.9. The molecule has 3 rings (SSSR count). The highest BCUT2D eigenvalue weighted by Gasteiger charge is 2.33. The zero-order chi connectivity index (χ0) is 23.1. The Labute approximate surface area is 190 Å². The zero-order valence-corrected chi connectivity index (χ0v) is 19.8. The van der Waals surface area contributed by atoms with Gasteiger partial charge in [0.05, 0.1) is 17.9 Å². The Bertz CT molecular complexity index is 872. The Balaban J connectivity index is 1.48. The molecule has 0 spiro atoms. The molecule has 1 aromatic rings. The number of benzene rings is 1. The normalized spacial score (nSPS) is 18.8. The summed E-state index contributed by atoms with van der Waals surface area (Å²) in [7, 11) is -2.10. The molecule has 0 bridgehead atoms. The van der Waals surface area contributed by atoms with E-state index < -0.39 is 21.9 Å². The smallest absolute Gasteiger partial charge is 0.309 e. The maximum Gasteiger partial charge on any atom is 0.309 e. The number of rotatable bonds is 8. The topological polar surface area (TPSA) is 93.2 Å². The van der Waals surface area contributed by atoms with Gasteiger partial charge in [0.1, 0.15) is 5.75 Å². The summed E-state index contributed by atoms with van der Waals surface area (Å²) in [4.78, 5) is 27.1. The number of amides is 1. The van der Waals surface area contributed by atoms with Crippen LogP contribution in [0.25, 0.3) is 0 Å². The first-order chi connectivity index (χ1) is 15.4. The van der Waals surface area contributed by atoms with Crippen molar-refractivity contribution in [2.45, 2.75) is 62.8 Å². The Morgan fingerprint density at radius 3 is 2.22 bits per heavy atom. The lowest BCUT2D eigenvalue weighted by Gasteiger charge is -2.34. The van der Waals surface area contributed by atoms with E-state index in [1.165, 1.54) is 30.0 Å². The number of hydrogen-bond donors (Lipinski definition) is 0. The first-order valence-corrected chi connectivity index (χ1v) is 12.9. The van der Waals surface area contributed by atoms with Crippen LogP contribution in [0, 0.1) is 5.92 Å².